The van der Waals surface area contributed by atoms with Gasteiger partial charge in [0.1, 0.15) is 0 Å². The Bertz CT molecular complexity index is 764. The first-order valence-corrected chi connectivity index (χ1v) is 8.59. The van der Waals surface area contributed by atoms with Crippen LogP contribution in [0, 0.1) is 0 Å². The van der Waals surface area contributed by atoms with Gasteiger partial charge in [0.15, 0.2) is 0 Å². The summed E-state index contributed by atoms with van der Waals surface area (Å²) in [5.74, 6) is -0.164. The van der Waals surface area contributed by atoms with Crippen molar-refractivity contribution in [2.75, 3.05) is 19.0 Å². The molecule has 0 saturated carbocycles. The summed E-state index contributed by atoms with van der Waals surface area (Å²) in [4.78, 5) is 26.3. The van der Waals surface area contributed by atoms with E-state index in [1.54, 1.807) is 36.3 Å². The summed E-state index contributed by atoms with van der Waals surface area (Å²) in [5, 5.41) is 5.73. The van der Waals surface area contributed by atoms with Crippen LogP contribution in [0.25, 0.3) is 0 Å². The fraction of sp³-hybridized carbons (Fsp3) is 0.300. The van der Waals surface area contributed by atoms with Crippen LogP contribution in [-0.4, -0.2) is 36.6 Å². The lowest BCUT2D eigenvalue weighted by atomic mass is 10.1. The Balaban J connectivity index is 1.56. The molecule has 1 heterocycles. The van der Waals surface area contributed by atoms with Gasteiger partial charge in [0.2, 0.25) is 0 Å². The molecule has 0 aromatic heterocycles. The molecular formula is C20H23N3O3. The van der Waals surface area contributed by atoms with Crippen molar-refractivity contribution in [1.82, 2.24) is 10.2 Å². The van der Waals surface area contributed by atoms with E-state index in [2.05, 4.69) is 10.6 Å². The fourth-order valence-electron chi connectivity index (χ4n) is 2.98. The van der Waals surface area contributed by atoms with Crippen LogP contribution in [0.2, 0.25) is 0 Å². The largest absolute Gasteiger partial charge is 0.383 e. The molecule has 136 valence electrons. The number of fused-ring (bicyclic) bond motifs is 1. The van der Waals surface area contributed by atoms with E-state index in [0.29, 0.717) is 30.9 Å². The molecule has 0 fully saturated rings. The second-order valence-corrected chi connectivity index (χ2v) is 6.46. The van der Waals surface area contributed by atoms with Crippen LogP contribution in [0.4, 0.5) is 10.5 Å². The zero-order valence-corrected chi connectivity index (χ0v) is 15.0. The maximum atomic E-state index is 12.4. The first-order valence-electron chi connectivity index (χ1n) is 8.59. The number of urea groups is 1. The first kappa shape index (κ1) is 17.9. The zero-order chi connectivity index (χ0) is 18.5. The molecule has 1 atom stereocenters. The van der Waals surface area contributed by atoms with Crippen molar-refractivity contribution in [2.24, 2.45) is 0 Å². The summed E-state index contributed by atoms with van der Waals surface area (Å²) in [5.41, 5.74) is 3.56. The van der Waals surface area contributed by atoms with E-state index in [1.807, 2.05) is 31.2 Å². The smallest absolute Gasteiger partial charge is 0.322 e. The van der Waals surface area contributed by atoms with Gasteiger partial charge in [-0.2, -0.15) is 0 Å². The number of hydrogen-bond donors (Lipinski definition) is 2. The minimum atomic E-state index is -0.164. The lowest BCUT2D eigenvalue weighted by molar-refractivity contribution is 0.0905. The molecule has 0 bridgehead atoms. The summed E-state index contributed by atoms with van der Waals surface area (Å²) >= 11 is 0. The third-order valence-electron chi connectivity index (χ3n) is 4.32. The van der Waals surface area contributed by atoms with Gasteiger partial charge in [-0.15, -0.1) is 0 Å². The van der Waals surface area contributed by atoms with E-state index in [9.17, 15) is 9.59 Å². The lowest BCUT2D eigenvalue weighted by Gasteiger charge is -2.17. The molecule has 1 aliphatic heterocycles. The number of carbonyl (C=O) groups excluding carboxylic acids is 2. The monoisotopic (exact) mass is 353 g/mol. The molecule has 6 heteroatoms. The normalized spacial score (nSPS) is 13.8. The molecule has 0 unspecified atom stereocenters. The van der Waals surface area contributed by atoms with Crippen LogP contribution in [-0.2, 0) is 17.8 Å². The maximum Gasteiger partial charge on any atom is 0.322 e. The van der Waals surface area contributed by atoms with Crippen molar-refractivity contribution in [2.45, 2.75) is 26.1 Å². The van der Waals surface area contributed by atoms with E-state index < -0.39 is 0 Å². The predicted molar refractivity (Wildman–Crippen MR) is 100.0 cm³/mol. The van der Waals surface area contributed by atoms with Gasteiger partial charge in [0, 0.05) is 37.5 Å². The van der Waals surface area contributed by atoms with Gasteiger partial charge in [-0.05, 0) is 42.3 Å². The summed E-state index contributed by atoms with van der Waals surface area (Å²) < 4.78 is 5.01. The second-order valence-electron chi connectivity index (χ2n) is 6.46. The van der Waals surface area contributed by atoms with E-state index in [1.165, 1.54) is 11.1 Å². The number of anilines is 1. The Morgan fingerprint density at radius 2 is 1.69 bits per heavy atom. The molecule has 0 saturated heterocycles. The maximum absolute atomic E-state index is 12.4. The van der Waals surface area contributed by atoms with Crippen molar-refractivity contribution in [1.29, 1.82) is 0 Å². The molecule has 26 heavy (non-hydrogen) atoms. The van der Waals surface area contributed by atoms with Crippen LogP contribution in [0.3, 0.4) is 0 Å². The van der Waals surface area contributed by atoms with Gasteiger partial charge >= 0.3 is 6.03 Å². The molecule has 3 amide bonds. The minimum Gasteiger partial charge on any atom is -0.383 e. The molecular weight excluding hydrogens is 330 g/mol. The van der Waals surface area contributed by atoms with Gasteiger partial charge < -0.3 is 20.3 Å². The van der Waals surface area contributed by atoms with E-state index in [0.717, 1.165) is 0 Å². The molecule has 0 spiro atoms. The molecule has 3 rings (SSSR count). The molecule has 6 nitrogen and oxygen atoms in total. The van der Waals surface area contributed by atoms with Crippen LogP contribution in [0.1, 0.15) is 28.4 Å². The van der Waals surface area contributed by atoms with Crippen molar-refractivity contribution < 1.29 is 14.3 Å². The average molecular weight is 353 g/mol. The number of amides is 3. The molecule has 0 radical (unpaired) electrons. The molecule has 1 aliphatic rings. The second kappa shape index (κ2) is 8.01. The number of nitrogens with zero attached hydrogens (tertiary/aromatic N) is 1. The number of carbonyl (C=O) groups is 2. The quantitative estimate of drug-likeness (QED) is 0.868. The highest BCUT2D eigenvalue weighted by Crippen LogP contribution is 2.23. The number of methoxy groups -OCH3 is 1. The fourth-order valence-corrected chi connectivity index (χ4v) is 2.98. The van der Waals surface area contributed by atoms with Crippen LogP contribution in [0.5, 0.6) is 0 Å². The third kappa shape index (κ3) is 4.21. The molecule has 2 aromatic rings. The van der Waals surface area contributed by atoms with Gasteiger partial charge in [-0.3, -0.25) is 4.79 Å². The molecule has 2 N–H and O–H groups in total. The SMILES string of the molecule is COC[C@H](C)NC(=O)c1ccc(NC(=O)N2Cc3ccccc3C2)cc1. The summed E-state index contributed by atoms with van der Waals surface area (Å²) in [6.07, 6.45) is 0. The van der Waals surface area contributed by atoms with Crippen LogP contribution >= 0.6 is 0 Å². The predicted octanol–water partition coefficient (Wildman–Crippen LogP) is 3.00. The number of hydrogen-bond acceptors (Lipinski definition) is 3. The number of ether oxygens (including phenoxy) is 1. The van der Waals surface area contributed by atoms with Crippen LogP contribution < -0.4 is 10.6 Å². The zero-order valence-electron chi connectivity index (χ0n) is 15.0. The van der Waals surface area contributed by atoms with Crippen LogP contribution in [0.15, 0.2) is 48.5 Å². The molecule has 2 aromatic carbocycles. The van der Waals surface area contributed by atoms with E-state index >= 15 is 0 Å². The average Bonchev–Trinajstić information content (AvgIpc) is 3.07. The van der Waals surface area contributed by atoms with Crippen molar-refractivity contribution in [3.8, 4) is 0 Å². The topological polar surface area (TPSA) is 70.7 Å². The summed E-state index contributed by atoms with van der Waals surface area (Å²) in [6.45, 7) is 3.56. The Morgan fingerprint density at radius 3 is 2.27 bits per heavy atom. The molecule has 0 aliphatic carbocycles. The minimum absolute atomic E-state index is 0.0660. The Hall–Kier alpha value is -2.86. The Labute approximate surface area is 153 Å². The first-order chi connectivity index (χ1) is 12.6. The standard InChI is InChI=1S/C20H23N3O3/c1-14(13-26-2)21-19(24)15-7-9-18(10-8-15)22-20(25)23-11-16-5-3-4-6-17(16)12-23/h3-10,14H,11-13H2,1-2H3,(H,21,24)(H,22,25)/t14-/m0/s1. The number of rotatable bonds is 5. The lowest BCUT2D eigenvalue weighted by Crippen LogP contribution is -2.35. The van der Waals surface area contributed by atoms with Gasteiger partial charge in [-0.1, -0.05) is 24.3 Å². The van der Waals surface area contributed by atoms with E-state index in [4.69, 9.17) is 4.74 Å². The van der Waals surface area contributed by atoms with Crippen molar-refractivity contribution >= 4 is 17.6 Å². The Kier molecular flexibility index (Phi) is 5.53. The number of benzene rings is 2. The third-order valence-corrected chi connectivity index (χ3v) is 4.32. The highest BCUT2D eigenvalue weighted by Gasteiger charge is 2.22. The van der Waals surface area contributed by atoms with Gasteiger partial charge in [0.05, 0.1) is 6.61 Å². The van der Waals surface area contributed by atoms with Gasteiger partial charge in [0.25, 0.3) is 5.91 Å². The van der Waals surface area contributed by atoms with Gasteiger partial charge in [-0.25, -0.2) is 4.79 Å². The highest BCUT2D eigenvalue weighted by atomic mass is 16.5. The van der Waals surface area contributed by atoms with Crippen molar-refractivity contribution in [3.05, 3.63) is 65.2 Å². The highest BCUT2D eigenvalue weighted by molar-refractivity contribution is 5.95. The van der Waals surface area contributed by atoms with E-state index in [-0.39, 0.29) is 18.0 Å². The van der Waals surface area contributed by atoms with Crippen molar-refractivity contribution in [3.63, 3.8) is 0 Å². The summed E-state index contributed by atoms with van der Waals surface area (Å²) in [6, 6.07) is 14.7. The number of nitrogens with one attached hydrogen (secondary N) is 2. The summed E-state index contributed by atoms with van der Waals surface area (Å²) in [7, 11) is 1.60. The Morgan fingerprint density at radius 1 is 1.08 bits per heavy atom.